The first-order valence-corrected chi connectivity index (χ1v) is 10.3. The van der Waals surface area contributed by atoms with Crippen molar-refractivity contribution in [3.63, 3.8) is 0 Å². The molecule has 0 radical (unpaired) electrons. The largest absolute Gasteiger partial charge is 0.480 e. The van der Waals surface area contributed by atoms with Gasteiger partial charge in [0.25, 0.3) is 5.91 Å². The van der Waals surface area contributed by atoms with E-state index in [0.29, 0.717) is 17.0 Å². The highest BCUT2D eigenvalue weighted by molar-refractivity contribution is 6.30. The third-order valence-corrected chi connectivity index (χ3v) is 5.59. The number of benzene rings is 3. The molecule has 4 aromatic rings. The van der Waals surface area contributed by atoms with E-state index in [1.807, 2.05) is 48.7 Å². The lowest BCUT2D eigenvalue weighted by molar-refractivity contribution is -0.139. The number of nitrogens with one attached hydrogen (secondary N) is 2. The lowest BCUT2D eigenvalue weighted by atomic mass is 9.85. The minimum atomic E-state index is -1.13. The molecule has 1 amide bonds. The zero-order chi connectivity index (χ0) is 21.8. The van der Waals surface area contributed by atoms with Gasteiger partial charge < -0.3 is 15.4 Å². The topological polar surface area (TPSA) is 82.2 Å². The summed E-state index contributed by atoms with van der Waals surface area (Å²) in [4.78, 5) is 28.4. The second kappa shape index (κ2) is 9.06. The highest BCUT2D eigenvalue weighted by Crippen LogP contribution is 2.32. The van der Waals surface area contributed by atoms with Crippen LogP contribution in [0.4, 0.5) is 0 Å². The molecule has 0 fully saturated rings. The molecule has 0 saturated carbocycles. The van der Waals surface area contributed by atoms with Crippen LogP contribution in [0, 0.1) is 0 Å². The average Bonchev–Trinajstić information content (AvgIpc) is 3.20. The molecular weight excluding hydrogens is 412 g/mol. The summed E-state index contributed by atoms with van der Waals surface area (Å²) < 4.78 is 0. The van der Waals surface area contributed by atoms with Crippen LogP contribution in [0.3, 0.4) is 0 Å². The lowest BCUT2D eigenvalue weighted by Gasteiger charge is -2.25. The van der Waals surface area contributed by atoms with Crippen molar-refractivity contribution < 1.29 is 14.7 Å². The van der Waals surface area contributed by atoms with Crippen LogP contribution >= 0.6 is 11.6 Å². The number of halogens is 1. The summed E-state index contributed by atoms with van der Waals surface area (Å²) in [5, 5.41) is 14.3. The monoisotopic (exact) mass is 432 g/mol. The normalized spacial score (nSPS) is 12.9. The van der Waals surface area contributed by atoms with Gasteiger partial charge >= 0.3 is 5.97 Å². The Balaban J connectivity index is 1.75. The average molecular weight is 433 g/mol. The molecule has 3 N–H and O–H groups in total. The van der Waals surface area contributed by atoms with Gasteiger partial charge in [0.05, 0.1) is 0 Å². The molecule has 0 aliphatic heterocycles. The summed E-state index contributed by atoms with van der Waals surface area (Å²) >= 11 is 6.16. The van der Waals surface area contributed by atoms with Crippen molar-refractivity contribution in [1.29, 1.82) is 0 Å². The predicted octanol–water partition coefficient (Wildman–Crippen LogP) is 5.03. The van der Waals surface area contributed by atoms with E-state index in [-0.39, 0.29) is 0 Å². The lowest BCUT2D eigenvalue weighted by Crippen LogP contribution is -2.45. The smallest absolute Gasteiger partial charge is 0.326 e. The van der Waals surface area contributed by atoms with Gasteiger partial charge in [-0.2, -0.15) is 0 Å². The zero-order valence-electron chi connectivity index (χ0n) is 16.6. The Kier molecular flexibility index (Phi) is 6.05. The second-order valence-electron chi connectivity index (χ2n) is 7.39. The van der Waals surface area contributed by atoms with Crippen molar-refractivity contribution in [2.75, 3.05) is 0 Å². The number of amides is 1. The number of aromatic nitrogens is 1. The third kappa shape index (κ3) is 4.62. The molecule has 3 aromatic carbocycles. The summed E-state index contributed by atoms with van der Waals surface area (Å²) in [6.45, 7) is 0. The van der Waals surface area contributed by atoms with Crippen LogP contribution in [-0.4, -0.2) is 28.0 Å². The van der Waals surface area contributed by atoms with E-state index < -0.39 is 23.8 Å². The van der Waals surface area contributed by atoms with Crippen LogP contribution in [0.1, 0.15) is 27.4 Å². The van der Waals surface area contributed by atoms with Crippen LogP contribution < -0.4 is 5.32 Å². The number of H-pyrrole nitrogens is 1. The molecule has 5 nitrogen and oxygen atoms in total. The minimum Gasteiger partial charge on any atom is -0.480 e. The fourth-order valence-electron chi connectivity index (χ4n) is 3.87. The fourth-order valence-corrected chi connectivity index (χ4v) is 4.09. The number of carbonyl (C=O) groups excluding carboxylic acids is 1. The van der Waals surface area contributed by atoms with Crippen molar-refractivity contribution >= 4 is 34.4 Å². The van der Waals surface area contributed by atoms with Gasteiger partial charge in [-0.15, -0.1) is 0 Å². The number of aliphatic carboxylic acids is 1. The van der Waals surface area contributed by atoms with Crippen molar-refractivity contribution in [2.24, 2.45) is 0 Å². The Morgan fingerprint density at radius 3 is 2.45 bits per heavy atom. The van der Waals surface area contributed by atoms with E-state index >= 15 is 0 Å². The van der Waals surface area contributed by atoms with Gasteiger partial charge in [0.1, 0.15) is 6.04 Å². The van der Waals surface area contributed by atoms with Crippen LogP contribution in [-0.2, 0) is 11.2 Å². The number of hydrogen-bond acceptors (Lipinski definition) is 2. The van der Waals surface area contributed by atoms with E-state index in [2.05, 4.69) is 10.3 Å². The Labute approximate surface area is 184 Å². The maximum atomic E-state index is 12.8. The number of hydrogen-bond donors (Lipinski definition) is 3. The second-order valence-corrected chi connectivity index (χ2v) is 7.82. The molecule has 0 aliphatic rings. The number of carboxylic acids is 1. The molecular formula is C25H21ClN2O3. The summed E-state index contributed by atoms with van der Waals surface area (Å²) in [5.41, 5.74) is 3.04. The van der Waals surface area contributed by atoms with Crippen LogP contribution in [0.2, 0.25) is 5.02 Å². The number of aromatic amines is 1. The predicted molar refractivity (Wildman–Crippen MR) is 122 cm³/mol. The van der Waals surface area contributed by atoms with Gasteiger partial charge in [0, 0.05) is 33.6 Å². The molecule has 4 rings (SSSR count). The molecule has 0 saturated heterocycles. The molecule has 1 heterocycles. The summed E-state index contributed by atoms with van der Waals surface area (Å²) in [6, 6.07) is 22.5. The Morgan fingerprint density at radius 2 is 1.71 bits per heavy atom. The van der Waals surface area contributed by atoms with Gasteiger partial charge in [-0.25, -0.2) is 4.79 Å². The molecule has 0 spiro atoms. The summed E-state index contributed by atoms with van der Waals surface area (Å²) in [5.74, 6) is -2.04. The summed E-state index contributed by atoms with van der Waals surface area (Å²) in [7, 11) is 0. The Morgan fingerprint density at radius 1 is 0.968 bits per heavy atom. The number of fused-ring (bicyclic) bond motifs is 1. The first-order valence-electron chi connectivity index (χ1n) is 9.92. The molecule has 0 bridgehead atoms. The first-order chi connectivity index (χ1) is 15.0. The van der Waals surface area contributed by atoms with E-state index in [0.717, 1.165) is 22.0 Å². The molecule has 1 aromatic heterocycles. The van der Waals surface area contributed by atoms with Gasteiger partial charge in [-0.05, 0) is 47.9 Å². The van der Waals surface area contributed by atoms with Crippen LogP contribution in [0.25, 0.3) is 10.9 Å². The first kappa shape index (κ1) is 20.7. The van der Waals surface area contributed by atoms with Crippen molar-refractivity contribution in [3.05, 3.63) is 107 Å². The standard InChI is InChI=1S/C25H21ClN2O3/c26-18-10-6-7-16(13-18)14-20(21-15-27-22-12-5-4-11-19(21)22)23(25(30)31)28-24(29)17-8-2-1-3-9-17/h1-13,15,20,23,27H,14H2,(H,28,29)(H,30,31). The summed E-state index contributed by atoms with van der Waals surface area (Å²) in [6.07, 6.45) is 2.22. The van der Waals surface area contributed by atoms with Crippen molar-refractivity contribution in [1.82, 2.24) is 10.3 Å². The SMILES string of the molecule is O=C(NC(C(=O)O)C(Cc1cccc(Cl)c1)c1c[nH]c2ccccc12)c1ccccc1. The molecule has 31 heavy (non-hydrogen) atoms. The molecule has 2 unspecified atom stereocenters. The quantitative estimate of drug-likeness (QED) is 0.383. The highest BCUT2D eigenvalue weighted by atomic mass is 35.5. The number of para-hydroxylation sites is 1. The maximum Gasteiger partial charge on any atom is 0.326 e. The molecule has 156 valence electrons. The van der Waals surface area contributed by atoms with Crippen LogP contribution in [0.5, 0.6) is 0 Å². The number of rotatable bonds is 7. The van der Waals surface area contributed by atoms with E-state index in [4.69, 9.17) is 11.6 Å². The van der Waals surface area contributed by atoms with Crippen LogP contribution in [0.15, 0.2) is 85.1 Å². The minimum absolute atomic E-state index is 0.397. The fraction of sp³-hybridized carbons (Fsp3) is 0.120. The van der Waals surface area contributed by atoms with E-state index in [1.54, 1.807) is 36.4 Å². The van der Waals surface area contributed by atoms with E-state index in [1.165, 1.54) is 0 Å². The number of carbonyl (C=O) groups is 2. The molecule has 2 atom stereocenters. The molecule has 0 aliphatic carbocycles. The van der Waals surface area contributed by atoms with Gasteiger partial charge in [0.15, 0.2) is 0 Å². The van der Waals surface area contributed by atoms with E-state index in [9.17, 15) is 14.7 Å². The van der Waals surface area contributed by atoms with Gasteiger partial charge in [0.2, 0.25) is 0 Å². The number of carboxylic acid groups (broad SMARTS) is 1. The van der Waals surface area contributed by atoms with Crippen molar-refractivity contribution in [2.45, 2.75) is 18.4 Å². The van der Waals surface area contributed by atoms with Gasteiger partial charge in [-0.1, -0.05) is 60.1 Å². The maximum absolute atomic E-state index is 12.8. The zero-order valence-corrected chi connectivity index (χ0v) is 17.3. The molecule has 6 heteroatoms. The Hall–Kier alpha value is -3.57. The third-order valence-electron chi connectivity index (χ3n) is 5.36. The Bertz CT molecular complexity index is 1220. The highest BCUT2D eigenvalue weighted by Gasteiger charge is 2.33. The van der Waals surface area contributed by atoms with Crippen molar-refractivity contribution in [3.8, 4) is 0 Å². The van der Waals surface area contributed by atoms with Gasteiger partial charge in [-0.3, -0.25) is 4.79 Å².